The summed E-state index contributed by atoms with van der Waals surface area (Å²) in [6, 6.07) is 13.2. The third-order valence-corrected chi connectivity index (χ3v) is 3.21. The lowest BCUT2D eigenvalue weighted by atomic mass is 10.1. The third-order valence-electron chi connectivity index (χ3n) is 3.21. The Morgan fingerprint density at radius 2 is 1.76 bits per heavy atom. The zero-order valence-corrected chi connectivity index (χ0v) is 11.7. The van der Waals surface area contributed by atoms with Crippen molar-refractivity contribution in [3.8, 4) is 0 Å². The fraction of sp³-hybridized carbons (Fsp3) is 0.125. The first-order valence-electron chi connectivity index (χ1n) is 6.51. The van der Waals surface area contributed by atoms with E-state index in [-0.39, 0.29) is 5.91 Å². The van der Waals surface area contributed by atoms with Gasteiger partial charge in [-0.05, 0) is 36.2 Å². The minimum atomic E-state index is -0.749. The molecule has 2 aromatic rings. The van der Waals surface area contributed by atoms with Gasteiger partial charge in [0.1, 0.15) is 6.04 Å². The van der Waals surface area contributed by atoms with Crippen LogP contribution in [0.1, 0.15) is 27.5 Å². The van der Waals surface area contributed by atoms with Crippen LogP contribution in [0.2, 0.25) is 0 Å². The van der Waals surface area contributed by atoms with Gasteiger partial charge in [0.05, 0.1) is 0 Å². The predicted octanol–water partition coefficient (Wildman–Crippen LogP) is 1.73. The molecule has 108 valence electrons. The van der Waals surface area contributed by atoms with Crippen LogP contribution in [-0.4, -0.2) is 11.8 Å². The number of amides is 2. The van der Waals surface area contributed by atoms with E-state index in [4.69, 9.17) is 11.5 Å². The van der Waals surface area contributed by atoms with E-state index in [0.717, 1.165) is 11.1 Å². The second-order valence-electron chi connectivity index (χ2n) is 4.77. The van der Waals surface area contributed by atoms with Crippen molar-refractivity contribution in [2.45, 2.75) is 13.0 Å². The fourth-order valence-corrected chi connectivity index (χ4v) is 1.98. The van der Waals surface area contributed by atoms with E-state index in [9.17, 15) is 9.59 Å². The Balaban J connectivity index is 2.15. The molecule has 2 aromatic carbocycles. The Kier molecular flexibility index (Phi) is 4.35. The van der Waals surface area contributed by atoms with Crippen LogP contribution in [0.25, 0.3) is 0 Å². The van der Waals surface area contributed by atoms with Gasteiger partial charge in [-0.15, -0.1) is 0 Å². The highest BCUT2D eigenvalue weighted by atomic mass is 16.2. The molecular formula is C16H17N3O2. The van der Waals surface area contributed by atoms with Gasteiger partial charge < -0.3 is 16.8 Å². The first kappa shape index (κ1) is 14.7. The number of benzene rings is 2. The average molecular weight is 283 g/mol. The van der Waals surface area contributed by atoms with E-state index in [0.29, 0.717) is 11.3 Å². The maximum Gasteiger partial charge on any atom is 0.248 e. The molecule has 0 aliphatic heterocycles. The standard InChI is InChI=1S/C16H17N3O2/c1-10-9-12(15(18)20)7-8-13(10)19-16(21)14(17)11-5-3-2-4-6-11/h2-9,14H,17H2,1H3,(H2,18,20)(H,19,21)/t14-/m0/s1. The predicted molar refractivity (Wildman–Crippen MR) is 81.7 cm³/mol. The van der Waals surface area contributed by atoms with Crippen molar-refractivity contribution in [1.82, 2.24) is 0 Å². The van der Waals surface area contributed by atoms with Gasteiger partial charge in [-0.2, -0.15) is 0 Å². The van der Waals surface area contributed by atoms with Crippen LogP contribution in [0.3, 0.4) is 0 Å². The maximum absolute atomic E-state index is 12.2. The molecule has 2 rings (SSSR count). The van der Waals surface area contributed by atoms with E-state index in [1.54, 1.807) is 37.3 Å². The number of carbonyl (C=O) groups excluding carboxylic acids is 2. The van der Waals surface area contributed by atoms with Crippen LogP contribution in [0.15, 0.2) is 48.5 Å². The molecule has 0 saturated carbocycles. The minimum absolute atomic E-state index is 0.309. The van der Waals surface area contributed by atoms with Crippen molar-refractivity contribution in [2.24, 2.45) is 11.5 Å². The summed E-state index contributed by atoms with van der Waals surface area (Å²) in [6.07, 6.45) is 0. The van der Waals surface area contributed by atoms with E-state index in [2.05, 4.69) is 5.32 Å². The summed E-state index contributed by atoms with van der Waals surface area (Å²) in [7, 11) is 0. The van der Waals surface area contributed by atoms with Gasteiger partial charge in [-0.3, -0.25) is 9.59 Å². The molecule has 5 N–H and O–H groups in total. The minimum Gasteiger partial charge on any atom is -0.366 e. The largest absolute Gasteiger partial charge is 0.366 e. The van der Waals surface area contributed by atoms with Crippen molar-refractivity contribution in [3.05, 3.63) is 65.2 Å². The van der Waals surface area contributed by atoms with Crippen molar-refractivity contribution in [3.63, 3.8) is 0 Å². The summed E-state index contributed by atoms with van der Waals surface area (Å²) in [4.78, 5) is 23.3. The highest BCUT2D eigenvalue weighted by Gasteiger charge is 2.16. The Hall–Kier alpha value is -2.66. The lowest BCUT2D eigenvalue weighted by Gasteiger charge is -2.14. The first-order valence-corrected chi connectivity index (χ1v) is 6.51. The summed E-state index contributed by atoms with van der Waals surface area (Å²) in [5, 5.41) is 2.76. The Morgan fingerprint density at radius 1 is 1.10 bits per heavy atom. The van der Waals surface area contributed by atoms with Crippen molar-refractivity contribution >= 4 is 17.5 Å². The highest BCUT2D eigenvalue weighted by molar-refractivity contribution is 5.97. The molecule has 21 heavy (non-hydrogen) atoms. The number of anilines is 1. The number of rotatable bonds is 4. The van der Waals surface area contributed by atoms with Gasteiger partial charge >= 0.3 is 0 Å². The number of primary amides is 1. The van der Waals surface area contributed by atoms with Crippen LogP contribution < -0.4 is 16.8 Å². The Labute approximate surface area is 123 Å². The summed E-state index contributed by atoms with van der Waals surface area (Å²) in [6.45, 7) is 1.79. The Bertz CT molecular complexity index is 668. The Morgan fingerprint density at radius 3 is 2.33 bits per heavy atom. The van der Waals surface area contributed by atoms with Crippen molar-refractivity contribution < 1.29 is 9.59 Å². The number of hydrogen-bond donors (Lipinski definition) is 3. The summed E-state index contributed by atoms with van der Waals surface area (Å²) >= 11 is 0. The zero-order chi connectivity index (χ0) is 15.4. The second kappa shape index (κ2) is 6.19. The van der Waals surface area contributed by atoms with Crippen LogP contribution in [0, 0.1) is 6.92 Å². The molecule has 0 fully saturated rings. The highest BCUT2D eigenvalue weighted by Crippen LogP contribution is 2.18. The SMILES string of the molecule is Cc1cc(C(N)=O)ccc1NC(=O)[C@@H](N)c1ccccc1. The van der Waals surface area contributed by atoms with Crippen LogP contribution >= 0.6 is 0 Å². The van der Waals surface area contributed by atoms with Gasteiger partial charge in [0.15, 0.2) is 0 Å². The molecule has 0 aliphatic carbocycles. The van der Waals surface area contributed by atoms with E-state index in [1.165, 1.54) is 0 Å². The summed E-state index contributed by atoms with van der Waals surface area (Å²) < 4.78 is 0. The smallest absolute Gasteiger partial charge is 0.248 e. The zero-order valence-electron chi connectivity index (χ0n) is 11.7. The van der Waals surface area contributed by atoms with Crippen molar-refractivity contribution in [2.75, 3.05) is 5.32 Å². The molecule has 0 aromatic heterocycles. The lowest BCUT2D eigenvalue weighted by molar-refractivity contribution is -0.117. The molecule has 0 unspecified atom stereocenters. The monoisotopic (exact) mass is 283 g/mol. The summed E-state index contributed by atoms with van der Waals surface area (Å²) in [5.41, 5.74) is 13.6. The van der Waals surface area contributed by atoms with Gasteiger partial charge in [-0.25, -0.2) is 0 Å². The number of nitrogens with one attached hydrogen (secondary N) is 1. The molecule has 0 spiro atoms. The molecule has 5 heteroatoms. The van der Waals surface area contributed by atoms with E-state index >= 15 is 0 Å². The molecule has 0 radical (unpaired) electrons. The molecule has 1 atom stereocenters. The fourth-order valence-electron chi connectivity index (χ4n) is 1.98. The van der Waals surface area contributed by atoms with Gasteiger partial charge in [0.25, 0.3) is 0 Å². The molecule has 0 bridgehead atoms. The first-order chi connectivity index (χ1) is 9.99. The third kappa shape index (κ3) is 3.46. The lowest BCUT2D eigenvalue weighted by Crippen LogP contribution is -2.28. The topological polar surface area (TPSA) is 98.2 Å². The average Bonchev–Trinajstić information content (AvgIpc) is 2.49. The molecular weight excluding hydrogens is 266 g/mol. The molecule has 5 nitrogen and oxygen atoms in total. The molecule has 0 saturated heterocycles. The van der Waals surface area contributed by atoms with Gasteiger partial charge in [0, 0.05) is 11.3 Å². The maximum atomic E-state index is 12.2. The van der Waals surface area contributed by atoms with E-state index < -0.39 is 11.9 Å². The number of nitrogens with two attached hydrogens (primary N) is 2. The van der Waals surface area contributed by atoms with E-state index in [1.807, 2.05) is 18.2 Å². The quantitative estimate of drug-likeness (QED) is 0.797. The molecule has 2 amide bonds. The van der Waals surface area contributed by atoms with Gasteiger partial charge in [-0.1, -0.05) is 30.3 Å². The van der Waals surface area contributed by atoms with Gasteiger partial charge in [0.2, 0.25) is 11.8 Å². The normalized spacial score (nSPS) is 11.7. The van der Waals surface area contributed by atoms with Crippen molar-refractivity contribution in [1.29, 1.82) is 0 Å². The number of carbonyl (C=O) groups is 2. The second-order valence-corrected chi connectivity index (χ2v) is 4.77. The molecule has 0 aliphatic rings. The van der Waals surface area contributed by atoms with Crippen LogP contribution in [0.4, 0.5) is 5.69 Å². The number of hydrogen-bond acceptors (Lipinski definition) is 3. The molecule has 0 heterocycles. The van der Waals surface area contributed by atoms with Crippen LogP contribution in [-0.2, 0) is 4.79 Å². The number of aryl methyl sites for hydroxylation is 1. The summed E-state index contributed by atoms with van der Waals surface area (Å²) in [5.74, 6) is -0.812. The van der Waals surface area contributed by atoms with Crippen LogP contribution in [0.5, 0.6) is 0 Å².